The number of hydrogen-bond acceptors (Lipinski definition) is 5. The van der Waals surface area contributed by atoms with Crippen molar-refractivity contribution in [2.24, 2.45) is 0 Å². The summed E-state index contributed by atoms with van der Waals surface area (Å²) in [6.07, 6.45) is 5.15. The van der Waals surface area contributed by atoms with E-state index in [0.717, 1.165) is 5.56 Å². The Morgan fingerprint density at radius 3 is 2.80 bits per heavy atom. The Morgan fingerprint density at radius 2 is 2.08 bits per heavy atom. The lowest BCUT2D eigenvalue weighted by Gasteiger charge is -2.06. The average molecular weight is 337 g/mol. The molecule has 0 aliphatic rings. The minimum Gasteiger partial charge on any atom is -0.507 e. The number of aromatic hydroxyl groups is 1. The number of nitrogens with one attached hydrogen (secondary N) is 1. The van der Waals surface area contributed by atoms with E-state index in [1.54, 1.807) is 42.6 Å². The Balaban J connectivity index is 1.92. The molecule has 3 aromatic rings. The zero-order chi connectivity index (χ0) is 17.8. The molecular formula is C18H15N3O4. The maximum Gasteiger partial charge on any atom is 0.270 e. The highest BCUT2D eigenvalue weighted by Gasteiger charge is 2.11. The van der Waals surface area contributed by atoms with Crippen molar-refractivity contribution in [3.63, 3.8) is 0 Å². The van der Waals surface area contributed by atoms with E-state index >= 15 is 0 Å². The van der Waals surface area contributed by atoms with Gasteiger partial charge in [-0.25, -0.2) is 0 Å². The van der Waals surface area contributed by atoms with Gasteiger partial charge in [0.05, 0.1) is 23.9 Å². The third kappa shape index (κ3) is 3.50. The normalized spacial score (nSPS) is 10.9. The molecule has 7 heteroatoms. The lowest BCUT2D eigenvalue weighted by atomic mass is 10.1. The number of rotatable bonds is 5. The van der Waals surface area contributed by atoms with E-state index in [4.69, 9.17) is 4.74 Å². The molecule has 0 radical (unpaired) electrons. The molecule has 1 heterocycles. The molecule has 3 rings (SSSR count). The number of aromatic amines is 1. The van der Waals surface area contributed by atoms with Crippen molar-refractivity contribution in [2.45, 2.75) is 0 Å². The summed E-state index contributed by atoms with van der Waals surface area (Å²) in [7, 11) is 1.53. The van der Waals surface area contributed by atoms with Gasteiger partial charge < -0.3 is 9.84 Å². The number of nitrogens with zero attached hydrogens (tertiary/aromatic N) is 2. The zero-order valence-electron chi connectivity index (χ0n) is 13.3. The second kappa shape index (κ2) is 6.88. The van der Waals surface area contributed by atoms with Gasteiger partial charge in [0.25, 0.3) is 5.69 Å². The van der Waals surface area contributed by atoms with Gasteiger partial charge in [0.2, 0.25) is 0 Å². The molecule has 0 aliphatic heterocycles. The van der Waals surface area contributed by atoms with E-state index in [9.17, 15) is 15.2 Å². The molecule has 126 valence electrons. The number of ether oxygens (including phenoxy) is 1. The number of methoxy groups -OCH3 is 1. The second-order valence-corrected chi connectivity index (χ2v) is 5.27. The van der Waals surface area contributed by atoms with Gasteiger partial charge in [-0.3, -0.25) is 15.2 Å². The third-order valence-corrected chi connectivity index (χ3v) is 3.68. The molecule has 0 saturated heterocycles. The number of phenols is 1. The lowest BCUT2D eigenvalue weighted by Crippen LogP contribution is -1.87. The third-order valence-electron chi connectivity index (χ3n) is 3.68. The Labute approximate surface area is 143 Å². The van der Waals surface area contributed by atoms with Crippen LogP contribution in [-0.4, -0.2) is 27.3 Å². The van der Waals surface area contributed by atoms with E-state index in [2.05, 4.69) is 10.2 Å². The quantitative estimate of drug-likeness (QED) is 0.543. The van der Waals surface area contributed by atoms with E-state index in [0.29, 0.717) is 22.6 Å². The highest BCUT2D eigenvalue weighted by atomic mass is 16.6. The fourth-order valence-corrected chi connectivity index (χ4v) is 2.42. The highest BCUT2D eigenvalue weighted by molar-refractivity contribution is 5.81. The van der Waals surface area contributed by atoms with Crippen LogP contribution in [0.5, 0.6) is 11.5 Å². The van der Waals surface area contributed by atoms with Crippen molar-refractivity contribution in [1.29, 1.82) is 0 Å². The van der Waals surface area contributed by atoms with Crippen LogP contribution in [0.2, 0.25) is 0 Å². The SMILES string of the molecule is COc1ccc(-c2[nH]ncc2/C=C\c2cccc([N+](=O)[O-])c2)c(O)c1. The first-order valence-corrected chi connectivity index (χ1v) is 7.42. The predicted octanol–water partition coefficient (Wildman–Crippen LogP) is 3.87. The summed E-state index contributed by atoms with van der Waals surface area (Å²) in [5, 5.41) is 27.9. The van der Waals surface area contributed by atoms with Crippen molar-refractivity contribution >= 4 is 17.8 Å². The molecule has 7 nitrogen and oxygen atoms in total. The van der Waals surface area contributed by atoms with Crippen LogP contribution >= 0.6 is 0 Å². The maximum absolute atomic E-state index is 10.8. The van der Waals surface area contributed by atoms with Gasteiger partial charge in [-0.2, -0.15) is 5.10 Å². The van der Waals surface area contributed by atoms with Crippen LogP contribution in [0, 0.1) is 10.1 Å². The minimum atomic E-state index is -0.435. The van der Waals surface area contributed by atoms with E-state index in [-0.39, 0.29) is 11.4 Å². The Bertz CT molecular complexity index is 947. The number of nitro benzene ring substituents is 1. The molecule has 0 saturated carbocycles. The van der Waals surface area contributed by atoms with Crippen LogP contribution in [-0.2, 0) is 0 Å². The van der Waals surface area contributed by atoms with Crippen LogP contribution in [0.3, 0.4) is 0 Å². The van der Waals surface area contributed by atoms with Gasteiger partial charge in [0.1, 0.15) is 11.5 Å². The number of nitro groups is 1. The van der Waals surface area contributed by atoms with Gasteiger partial charge in [-0.1, -0.05) is 24.3 Å². The predicted molar refractivity (Wildman–Crippen MR) is 94.3 cm³/mol. The summed E-state index contributed by atoms with van der Waals surface area (Å²) >= 11 is 0. The number of hydrogen-bond donors (Lipinski definition) is 2. The van der Waals surface area contributed by atoms with Gasteiger partial charge >= 0.3 is 0 Å². The molecular weight excluding hydrogens is 322 g/mol. The fourth-order valence-electron chi connectivity index (χ4n) is 2.42. The van der Waals surface area contributed by atoms with Gasteiger partial charge in [0.15, 0.2) is 0 Å². The molecule has 0 spiro atoms. The standard InChI is InChI=1S/C18H15N3O4/c1-25-15-7-8-16(17(22)10-15)18-13(11-19-20-18)6-5-12-3-2-4-14(9-12)21(23)24/h2-11,22H,1H3,(H,19,20)/b6-5-. The summed E-state index contributed by atoms with van der Waals surface area (Å²) in [5.41, 5.74) is 2.69. The molecule has 0 aliphatic carbocycles. The lowest BCUT2D eigenvalue weighted by molar-refractivity contribution is -0.384. The summed E-state index contributed by atoms with van der Waals surface area (Å²) < 4.78 is 5.08. The smallest absolute Gasteiger partial charge is 0.270 e. The summed E-state index contributed by atoms with van der Waals surface area (Å²) in [4.78, 5) is 10.4. The molecule has 0 bridgehead atoms. The van der Waals surface area contributed by atoms with Crippen molar-refractivity contribution in [3.05, 3.63) is 69.9 Å². The van der Waals surface area contributed by atoms with Crippen LogP contribution in [0.15, 0.2) is 48.7 Å². The Kier molecular flexibility index (Phi) is 4.47. The first-order valence-electron chi connectivity index (χ1n) is 7.42. The van der Waals surface area contributed by atoms with Gasteiger partial charge in [-0.05, 0) is 17.7 Å². The van der Waals surface area contributed by atoms with Crippen molar-refractivity contribution in [2.75, 3.05) is 7.11 Å². The topological polar surface area (TPSA) is 101 Å². The van der Waals surface area contributed by atoms with Crippen LogP contribution < -0.4 is 4.74 Å². The number of phenolic OH excluding ortho intramolecular Hbond substituents is 1. The molecule has 1 aromatic heterocycles. The minimum absolute atomic E-state index is 0.0300. The monoisotopic (exact) mass is 337 g/mol. The maximum atomic E-state index is 10.8. The Morgan fingerprint density at radius 1 is 1.24 bits per heavy atom. The summed E-state index contributed by atoms with van der Waals surface area (Å²) in [6.45, 7) is 0. The molecule has 0 atom stereocenters. The molecule has 0 unspecified atom stereocenters. The van der Waals surface area contributed by atoms with Crippen LogP contribution in [0.1, 0.15) is 11.1 Å². The zero-order valence-corrected chi connectivity index (χ0v) is 13.3. The van der Waals surface area contributed by atoms with Crippen LogP contribution in [0.4, 0.5) is 5.69 Å². The number of benzene rings is 2. The fraction of sp³-hybridized carbons (Fsp3) is 0.0556. The van der Waals surface area contributed by atoms with Crippen molar-refractivity contribution in [3.8, 4) is 22.8 Å². The van der Waals surface area contributed by atoms with Crippen molar-refractivity contribution < 1.29 is 14.8 Å². The van der Waals surface area contributed by atoms with Crippen molar-refractivity contribution in [1.82, 2.24) is 10.2 Å². The number of aromatic nitrogens is 2. The summed E-state index contributed by atoms with van der Waals surface area (Å²) in [6, 6.07) is 11.3. The number of H-pyrrole nitrogens is 1. The Hall–Kier alpha value is -3.61. The number of non-ortho nitro benzene ring substituents is 1. The molecule has 2 aromatic carbocycles. The molecule has 25 heavy (non-hydrogen) atoms. The largest absolute Gasteiger partial charge is 0.507 e. The van der Waals surface area contributed by atoms with Gasteiger partial charge in [0, 0.05) is 29.3 Å². The summed E-state index contributed by atoms with van der Waals surface area (Å²) in [5.74, 6) is 0.614. The molecule has 0 fully saturated rings. The second-order valence-electron chi connectivity index (χ2n) is 5.27. The first kappa shape index (κ1) is 16.3. The van der Waals surface area contributed by atoms with Crippen LogP contribution in [0.25, 0.3) is 23.4 Å². The van der Waals surface area contributed by atoms with Gasteiger partial charge in [-0.15, -0.1) is 0 Å². The highest BCUT2D eigenvalue weighted by Crippen LogP contribution is 2.33. The van der Waals surface area contributed by atoms with E-state index in [1.165, 1.54) is 25.3 Å². The average Bonchev–Trinajstić information content (AvgIpc) is 3.08. The van der Waals surface area contributed by atoms with E-state index < -0.39 is 4.92 Å². The molecule has 2 N–H and O–H groups in total. The first-order chi connectivity index (χ1) is 12.1. The molecule has 0 amide bonds. The van der Waals surface area contributed by atoms with E-state index in [1.807, 2.05) is 0 Å².